The van der Waals surface area contributed by atoms with E-state index in [2.05, 4.69) is 5.32 Å². The van der Waals surface area contributed by atoms with Crippen LogP contribution in [-0.2, 0) is 0 Å². The second-order valence-electron chi connectivity index (χ2n) is 2.74. The van der Waals surface area contributed by atoms with Crippen LogP contribution in [0.4, 0.5) is 0 Å². The molecule has 0 aromatic rings. The van der Waals surface area contributed by atoms with E-state index in [1.54, 1.807) is 0 Å². The fourth-order valence-electron chi connectivity index (χ4n) is 1.19. The van der Waals surface area contributed by atoms with Crippen molar-refractivity contribution in [1.29, 1.82) is 0 Å². The number of quaternary nitrogens is 1. The highest BCUT2D eigenvalue weighted by molar-refractivity contribution is 4.54. The first kappa shape index (κ1) is 7.94. The van der Waals surface area contributed by atoms with E-state index in [1.165, 1.54) is 0 Å². The number of hydroxylamine groups is 3. The van der Waals surface area contributed by atoms with Crippen LogP contribution >= 0.6 is 0 Å². The summed E-state index contributed by atoms with van der Waals surface area (Å²) < 4.78 is -0.166. The summed E-state index contributed by atoms with van der Waals surface area (Å²) in [5.41, 5.74) is 0. The molecule has 0 bridgehead atoms. The molecule has 0 radical (unpaired) electrons. The largest absolute Gasteiger partial charge is 0.632 e. The van der Waals surface area contributed by atoms with Crippen LogP contribution < -0.4 is 5.32 Å². The first-order chi connectivity index (χ1) is 4.77. The van der Waals surface area contributed by atoms with Crippen LogP contribution in [0.15, 0.2) is 0 Å². The smallest absolute Gasteiger partial charge is 0.132 e. The molecule has 4 nitrogen and oxygen atoms in total. The molecule has 2 N–H and O–H groups in total. The van der Waals surface area contributed by atoms with Crippen LogP contribution in [-0.4, -0.2) is 42.7 Å². The van der Waals surface area contributed by atoms with Gasteiger partial charge in [-0.3, -0.25) is 5.32 Å². The molecule has 0 aromatic carbocycles. The van der Waals surface area contributed by atoms with E-state index in [1.807, 2.05) is 0 Å². The standard InChI is InChI=1S/C6H14N2O2/c9-5-1-3-8(10)4-2-7-6-8/h7,9H,1-6H2. The van der Waals surface area contributed by atoms with Gasteiger partial charge in [-0.25, -0.2) is 0 Å². The summed E-state index contributed by atoms with van der Waals surface area (Å²) in [5.74, 6) is 0. The fourth-order valence-corrected chi connectivity index (χ4v) is 1.19. The van der Waals surface area contributed by atoms with Crippen molar-refractivity contribution < 1.29 is 9.75 Å². The van der Waals surface area contributed by atoms with Crippen LogP contribution in [0.5, 0.6) is 0 Å². The van der Waals surface area contributed by atoms with E-state index in [4.69, 9.17) is 5.11 Å². The molecule has 0 aromatic heterocycles. The van der Waals surface area contributed by atoms with Crippen molar-refractivity contribution in [1.82, 2.24) is 5.32 Å². The van der Waals surface area contributed by atoms with Crippen molar-refractivity contribution in [3.8, 4) is 0 Å². The Morgan fingerprint density at radius 1 is 1.60 bits per heavy atom. The summed E-state index contributed by atoms with van der Waals surface area (Å²) in [6, 6.07) is 0. The first-order valence-electron chi connectivity index (χ1n) is 3.65. The molecule has 1 unspecified atom stereocenters. The van der Waals surface area contributed by atoms with Crippen molar-refractivity contribution >= 4 is 0 Å². The van der Waals surface area contributed by atoms with Gasteiger partial charge in [0.1, 0.15) is 6.67 Å². The third-order valence-electron chi connectivity index (χ3n) is 1.82. The molecule has 4 heteroatoms. The lowest BCUT2D eigenvalue weighted by Gasteiger charge is -2.37. The number of rotatable bonds is 3. The van der Waals surface area contributed by atoms with Crippen LogP contribution in [0.3, 0.4) is 0 Å². The summed E-state index contributed by atoms with van der Waals surface area (Å²) in [5, 5.41) is 22.9. The van der Waals surface area contributed by atoms with Gasteiger partial charge in [-0.1, -0.05) is 0 Å². The highest BCUT2D eigenvalue weighted by atomic mass is 16.5. The van der Waals surface area contributed by atoms with Gasteiger partial charge < -0.3 is 15.0 Å². The van der Waals surface area contributed by atoms with Gasteiger partial charge in [0.05, 0.1) is 19.6 Å². The van der Waals surface area contributed by atoms with E-state index in [-0.39, 0.29) is 11.3 Å². The van der Waals surface area contributed by atoms with Gasteiger partial charge in [0.2, 0.25) is 0 Å². The Hall–Kier alpha value is -0.160. The molecule has 0 saturated carbocycles. The molecule has 0 spiro atoms. The van der Waals surface area contributed by atoms with Gasteiger partial charge in [-0.05, 0) is 0 Å². The summed E-state index contributed by atoms with van der Waals surface area (Å²) in [6.45, 7) is 2.65. The molecule has 1 aliphatic rings. The van der Waals surface area contributed by atoms with E-state index in [9.17, 15) is 5.21 Å². The van der Waals surface area contributed by atoms with E-state index >= 15 is 0 Å². The first-order valence-corrected chi connectivity index (χ1v) is 3.65. The Morgan fingerprint density at radius 2 is 2.40 bits per heavy atom. The maximum absolute atomic E-state index is 11.4. The Bertz CT molecular complexity index is 102. The second-order valence-corrected chi connectivity index (χ2v) is 2.74. The molecular weight excluding hydrogens is 132 g/mol. The minimum atomic E-state index is -0.166. The highest BCUT2D eigenvalue weighted by Gasteiger charge is 2.20. The van der Waals surface area contributed by atoms with Crippen LogP contribution in [0.1, 0.15) is 6.42 Å². The molecule has 1 saturated heterocycles. The molecule has 60 valence electrons. The highest BCUT2D eigenvalue weighted by Crippen LogP contribution is 2.06. The number of aliphatic hydroxyl groups excluding tert-OH is 1. The third kappa shape index (κ3) is 1.91. The number of nitrogens with one attached hydrogen (secondary N) is 1. The molecular formula is C6H14N2O2. The molecule has 0 aliphatic carbocycles. The zero-order chi connectivity index (χ0) is 7.45. The zero-order valence-electron chi connectivity index (χ0n) is 6.05. The summed E-state index contributed by atoms with van der Waals surface area (Å²) in [7, 11) is 0. The Kier molecular flexibility index (Phi) is 2.62. The lowest BCUT2D eigenvalue weighted by molar-refractivity contribution is -0.869. The Balaban J connectivity index is 2.22. The average Bonchev–Trinajstić information content (AvgIpc) is 2.33. The number of hydrogen-bond donors (Lipinski definition) is 2. The Labute approximate surface area is 60.6 Å². The van der Waals surface area contributed by atoms with Crippen LogP contribution in [0, 0.1) is 5.21 Å². The molecule has 0 amide bonds. The number of aliphatic hydroxyl groups is 1. The van der Waals surface area contributed by atoms with Gasteiger partial charge >= 0.3 is 0 Å². The van der Waals surface area contributed by atoms with Crippen molar-refractivity contribution in [3.63, 3.8) is 0 Å². The maximum Gasteiger partial charge on any atom is 0.132 e. The van der Waals surface area contributed by atoms with Crippen molar-refractivity contribution in [2.45, 2.75) is 6.42 Å². The molecule has 1 fully saturated rings. The number of hydrogen-bond acceptors (Lipinski definition) is 3. The third-order valence-corrected chi connectivity index (χ3v) is 1.82. The molecule has 1 atom stereocenters. The monoisotopic (exact) mass is 146 g/mol. The van der Waals surface area contributed by atoms with Crippen LogP contribution in [0.2, 0.25) is 0 Å². The summed E-state index contributed by atoms with van der Waals surface area (Å²) >= 11 is 0. The molecule has 1 aliphatic heterocycles. The average molecular weight is 146 g/mol. The fraction of sp³-hybridized carbons (Fsp3) is 1.00. The van der Waals surface area contributed by atoms with Crippen molar-refractivity contribution in [2.75, 3.05) is 32.9 Å². The SMILES string of the molecule is [O-][N+]1(CCCO)CCNC1. The quantitative estimate of drug-likeness (QED) is 0.406. The van der Waals surface area contributed by atoms with Crippen LogP contribution in [0.25, 0.3) is 0 Å². The van der Waals surface area contributed by atoms with Gasteiger partial charge in [0.25, 0.3) is 0 Å². The predicted molar refractivity (Wildman–Crippen MR) is 37.9 cm³/mol. The predicted octanol–water partition coefficient (Wildman–Crippen LogP) is -0.756. The summed E-state index contributed by atoms with van der Waals surface area (Å²) in [4.78, 5) is 0. The van der Waals surface area contributed by atoms with Gasteiger partial charge in [0.15, 0.2) is 0 Å². The molecule has 1 heterocycles. The minimum absolute atomic E-state index is 0.127. The lowest BCUT2D eigenvalue weighted by atomic mass is 10.4. The minimum Gasteiger partial charge on any atom is -0.632 e. The van der Waals surface area contributed by atoms with E-state index in [0.717, 1.165) is 6.54 Å². The van der Waals surface area contributed by atoms with E-state index < -0.39 is 0 Å². The number of nitrogens with zero attached hydrogens (tertiary/aromatic N) is 1. The van der Waals surface area contributed by atoms with E-state index in [0.29, 0.717) is 26.2 Å². The Morgan fingerprint density at radius 3 is 2.90 bits per heavy atom. The zero-order valence-corrected chi connectivity index (χ0v) is 6.05. The lowest BCUT2D eigenvalue weighted by Crippen LogP contribution is -2.41. The topological polar surface area (TPSA) is 55.3 Å². The summed E-state index contributed by atoms with van der Waals surface area (Å²) in [6.07, 6.45) is 0.616. The van der Waals surface area contributed by atoms with Crippen molar-refractivity contribution in [2.24, 2.45) is 0 Å². The normalized spacial score (nSPS) is 33.0. The maximum atomic E-state index is 11.4. The molecule has 1 rings (SSSR count). The molecule has 10 heavy (non-hydrogen) atoms. The second kappa shape index (κ2) is 3.30. The van der Waals surface area contributed by atoms with Gasteiger partial charge in [-0.15, -0.1) is 0 Å². The van der Waals surface area contributed by atoms with Gasteiger partial charge in [0, 0.05) is 13.0 Å². The van der Waals surface area contributed by atoms with Gasteiger partial charge in [-0.2, -0.15) is 0 Å². The van der Waals surface area contributed by atoms with Crippen molar-refractivity contribution in [3.05, 3.63) is 5.21 Å².